The van der Waals surface area contributed by atoms with Gasteiger partial charge >= 0.3 is 5.97 Å². The molecule has 0 saturated carbocycles. The van der Waals surface area contributed by atoms with Crippen LogP contribution in [-0.4, -0.2) is 27.0 Å². The minimum absolute atomic E-state index is 0.0722. The molecule has 3 N–H and O–H groups in total. The van der Waals surface area contributed by atoms with Crippen molar-refractivity contribution < 1.29 is 26.7 Å². The first-order valence-corrected chi connectivity index (χ1v) is 7.11. The largest absolute Gasteiger partial charge is 0.465 e. The van der Waals surface area contributed by atoms with Crippen molar-refractivity contribution in [1.29, 1.82) is 0 Å². The van der Waals surface area contributed by atoms with Crippen molar-refractivity contribution in [3.63, 3.8) is 0 Å². The SMILES string of the molecule is CCOC(=O)C(C)NS(=O)(=O)c1ccc(F)c(N)c1F. The number of nitrogen functional groups attached to an aromatic ring is 1. The molecule has 112 valence electrons. The Hall–Kier alpha value is -1.74. The van der Waals surface area contributed by atoms with Gasteiger partial charge in [0, 0.05) is 0 Å². The minimum Gasteiger partial charge on any atom is -0.465 e. The average molecular weight is 308 g/mol. The van der Waals surface area contributed by atoms with E-state index in [4.69, 9.17) is 5.73 Å². The van der Waals surface area contributed by atoms with Crippen molar-refractivity contribution in [1.82, 2.24) is 4.72 Å². The van der Waals surface area contributed by atoms with Crippen LogP contribution in [0.3, 0.4) is 0 Å². The minimum atomic E-state index is -4.37. The van der Waals surface area contributed by atoms with E-state index in [1.165, 1.54) is 6.92 Å². The van der Waals surface area contributed by atoms with Gasteiger partial charge in [0.2, 0.25) is 10.0 Å². The molecule has 1 unspecified atom stereocenters. The summed E-state index contributed by atoms with van der Waals surface area (Å²) in [7, 11) is -4.37. The van der Waals surface area contributed by atoms with Crippen LogP contribution < -0.4 is 10.5 Å². The van der Waals surface area contributed by atoms with Crippen molar-refractivity contribution in [2.75, 3.05) is 12.3 Å². The summed E-state index contributed by atoms with van der Waals surface area (Å²) < 4.78 is 57.0. The zero-order valence-corrected chi connectivity index (χ0v) is 11.6. The highest BCUT2D eigenvalue weighted by Gasteiger charge is 2.27. The second kappa shape index (κ2) is 6.14. The lowest BCUT2D eigenvalue weighted by Crippen LogP contribution is -2.39. The van der Waals surface area contributed by atoms with Gasteiger partial charge in [-0.25, -0.2) is 17.2 Å². The molecule has 0 bridgehead atoms. The van der Waals surface area contributed by atoms with Crippen molar-refractivity contribution in [2.45, 2.75) is 24.8 Å². The Labute approximate surface area is 115 Å². The highest BCUT2D eigenvalue weighted by Crippen LogP contribution is 2.22. The molecule has 0 radical (unpaired) electrons. The van der Waals surface area contributed by atoms with Gasteiger partial charge in [-0.05, 0) is 26.0 Å². The van der Waals surface area contributed by atoms with E-state index in [1.807, 2.05) is 4.72 Å². The van der Waals surface area contributed by atoms with Crippen LogP contribution in [0.5, 0.6) is 0 Å². The van der Waals surface area contributed by atoms with E-state index >= 15 is 0 Å². The molecule has 0 spiro atoms. The zero-order chi connectivity index (χ0) is 15.5. The highest BCUT2D eigenvalue weighted by atomic mass is 32.2. The Balaban J connectivity index is 3.07. The molecule has 1 aromatic carbocycles. The maximum absolute atomic E-state index is 13.7. The Kier molecular flexibility index (Phi) is 5.01. The maximum Gasteiger partial charge on any atom is 0.323 e. The molecule has 1 atom stereocenters. The first-order chi connectivity index (χ1) is 9.20. The number of rotatable bonds is 5. The number of anilines is 1. The van der Waals surface area contributed by atoms with Crippen LogP contribution in [0.1, 0.15) is 13.8 Å². The van der Waals surface area contributed by atoms with Gasteiger partial charge in [-0.1, -0.05) is 0 Å². The molecular weight excluding hydrogens is 294 g/mol. The van der Waals surface area contributed by atoms with Crippen LogP contribution in [0.15, 0.2) is 17.0 Å². The molecule has 0 aliphatic rings. The number of nitrogens with one attached hydrogen (secondary N) is 1. The quantitative estimate of drug-likeness (QED) is 0.618. The number of ether oxygens (including phenoxy) is 1. The number of hydrogen-bond acceptors (Lipinski definition) is 5. The van der Waals surface area contributed by atoms with E-state index in [2.05, 4.69) is 4.74 Å². The number of sulfonamides is 1. The van der Waals surface area contributed by atoms with Crippen LogP contribution in [-0.2, 0) is 19.6 Å². The summed E-state index contributed by atoms with van der Waals surface area (Å²) in [6.07, 6.45) is 0. The second-order valence-corrected chi connectivity index (χ2v) is 5.55. The summed E-state index contributed by atoms with van der Waals surface area (Å²) in [5, 5.41) is 0. The van der Waals surface area contributed by atoms with E-state index in [0.29, 0.717) is 0 Å². The third-order valence-electron chi connectivity index (χ3n) is 2.35. The zero-order valence-electron chi connectivity index (χ0n) is 10.8. The molecular formula is C11H14F2N2O4S. The Morgan fingerprint density at radius 1 is 1.45 bits per heavy atom. The van der Waals surface area contributed by atoms with Crippen LogP contribution in [0.2, 0.25) is 0 Å². The monoisotopic (exact) mass is 308 g/mol. The Bertz CT molecular complexity index is 619. The fourth-order valence-electron chi connectivity index (χ4n) is 1.37. The number of carbonyl (C=O) groups excluding carboxylic acids is 1. The average Bonchev–Trinajstić information content (AvgIpc) is 2.35. The third-order valence-corrected chi connectivity index (χ3v) is 3.91. The predicted octanol–water partition coefficient (Wildman–Crippen LogP) is 0.777. The molecule has 6 nitrogen and oxygen atoms in total. The van der Waals surface area contributed by atoms with Crippen molar-refractivity contribution >= 4 is 21.7 Å². The number of benzene rings is 1. The predicted molar refractivity (Wildman–Crippen MR) is 67.2 cm³/mol. The molecule has 9 heteroatoms. The van der Waals surface area contributed by atoms with Crippen molar-refractivity contribution in [2.24, 2.45) is 0 Å². The van der Waals surface area contributed by atoms with Crippen LogP contribution in [0.25, 0.3) is 0 Å². The van der Waals surface area contributed by atoms with Gasteiger partial charge in [0.25, 0.3) is 0 Å². The number of nitrogens with two attached hydrogens (primary N) is 1. The summed E-state index contributed by atoms with van der Waals surface area (Å²) in [4.78, 5) is 10.5. The topological polar surface area (TPSA) is 98.5 Å². The lowest BCUT2D eigenvalue weighted by Gasteiger charge is -2.14. The first kappa shape index (κ1) is 16.3. The molecule has 0 saturated heterocycles. The smallest absolute Gasteiger partial charge is 0.323 e. The second-order valence-electron chi connectivity index (χ2n) is 3.87. The fraction of sp³-hybridized carbons (Fsp3) is 0.364. The number of carbonyl (C=O) groups is 1. The number of halogens is 2. The first-order valence-electron chi connectivity index (χ1n) is 5.63. The van der Waals surface area contributed by atoms with E-state index in [1.54, 1.807) is 6.92 Å². The van der Waals surface area contributed by atoms with E-state index in [-0.39, 0.29) is 6.61 Å². The van der Waals surface area contributed by atoms with Gasteiger partial charge in [0.15, 0.2) is 5.82 Å². The van der Waals surface area contributed by atoms with Gasteiger partial charge < -0.3 is 10.5 Å². The molecule has 0 heterocycles. The summed E-state index contributed by atoms with van der Waals surface area (Å²) in [6.45, 7) is 2.86. The summed E-state index contributed by atoms with van der Waals surface area (Å²) in [5.74, 6) is -3.29. The van der Waals surface area contributed by atoms with Gasteiger partial charge in [0.05, 0.1) is 6.61 Å². The standard InChI is InChI=1S/C11H14F2N2O4S/c1-3-19-11(16)6(2)15-20(17,18)8-5-4-7(12)10(14)9(8)13/h4-6,15H,3,14H2,1-2H3. The molecule has 0 aromatic heterocycles. The fourth-order valence-corrected chi connectivity index (χ4v) is 2.65. The van der Waals surface area contributed by atoms with Gasteiger partial charge in [0.1, 0.15) is 22.4 Å². The number of esters is 1. The third kappa shape index (κ3) is 3.42. The summed E-state index contributed by atoms with van der Waals surface area (Å²) in [5.41, 5.74) is 4.18. The highest BCUT2D eigenvalue weighted by molar-refractivity contribution is 7.89. The lowest BCUT2D eigenvalue weighted by molar-refractivity contribution is -0.144. The summed E-state index contributed by atoms with van der Waals surface area (Å²) in [6, 6.07) is 0.231. The molecule has 1 rings (SSSR count). The summed E-state index contributed by atoms with van der Waals surface area (Å²) >= 11 is 0. The molecule has 0 amide bonds. The van der Waals surface area contributed by atoms with Crippen LogP contribution in [0.4, 0.5) is 14.5 Å². The molecule has 0 fully saturated rings. The van der Waals surface area contributed by atoms with Crippen molar-refractivity contribution in [3.05, 3.63) is 23.8 Å². The Morgan fingerprint density at radius 3 is 2.60 bits per heavy atom. The van der Waals surface area contributed by atoms with E-state index in [0.717, 1.165) is 12.1 Å². The van der Waals surface area contributed by atoms with E-state index < -0.39 is 44.3 Å². The lowest BCUT2D eigenvalue weighted by atomic mass is 10.3. The van der Waals surface area contributed by atoms with Gasteiger partial charge in [-0.15, -0.1) is 0 Å². The van der Waals surface area contributed by atoms with E-state index in [9.17, 15) is 22.0 Å². The van der Waals surface area contributed by atoms with Crippen LogP contribution in [0, 0.1) is 11.6 Å². The number of hydrogen-bond donors (Lipinski definition) is 2. The maximum atomic E-state index is 13.7. The molecule has 20 heavy (non-hydrogen) atoms. The van der Waals surface area contributed by atoms with Gasteiger partial charge in [-0.3, -0.25) is 4.79 Å². The van der Waals surface area contributed by atoms with Crippen LogP contribution >= 0.6 is 0 Å². The van der Waals surface area contributed by atoms with Gasteiger partial charge in [-0.2, -0.15) is 4.72 Å². The molecule has 0 aliphatic heterocycles. The normalized spacial score (nSPS) is 13.0. The molecule has 1 aromatic rings. The molecule has 0 aliphatic carbocycles. The van der Waals surface area contributed by atoms with Crippen molar-refractivity contribution in [3.8, 4) is 0 Å². The Morgan fingerprint density at radius 2 is 2.05 bits per heavy atom.